The first-order chi connectivity index (χ1) is 15.6. The quantitative estimate of drug-likeness (QED) is 0.164. The van der Waals surface area contributed by atoms with Crippen LogP contribution < -0.4 is 0 Å². The zero-order valence-electron chi connectivity index (χ0n) is 17.7. The molecule has 0 heterocycles. The van der Waals surface area contributed by atoms with Gasteiger partial charge < -0.3 is 0 Å². The number of rotatable bonds is 6. The van der Waals surface area contributed by atoms with Crippen molar-refractivity contribution >= 4 is 29.3 Å². The Morgan fingerprint density at radius 1 is 0.656 bits per heavy atom. The van der Waals surface area contributed by atoms with E-state index in [9.17, 15) is 9.18 Å². The highest BCUT2D eigenvalue weighted by Crippen LogP contribution is 2.32. The molecule has 0 aliphatic rings. The molecule has 32 heavy (non-hydrogen) atoms. The summed E-state index contributed by atoms with van der Waals surface area (Å²) in [5.41, 5.74) is 1.61. The third-order valence-electron chi connectivity index (χ3n) is 4.28. The molecule has 4 rings (SSSR count). The summed E-state index contributed by atoms with van der Waals surface area (Å²) in [7, 11) is 0. The van der Waals surface area contributed by atoms with Crippen LogP contribution in [0.3, 0.4) is 0 Å². The van der Waals surface area contributed by atoms with E-state index in [1.165, 1.54) is 12.1 Å². The molecule has 0 spiro atoms. The van der Waals surface area contributed by atoms with Crippen LogP contribution in [-0.2, 0) is 0 Å². The first-order valence-electron chi connectivity index (χ1n) is 10.1. The predicted molar refractivity (Wildman–Crippen MR) is 135 cm³/mol. The van der Waals surface area contributed by atoms with Crippen molar-refractivity contribution in [3.8, 4) is 0 Å². The molecular weight excluding hydrogens is 435 g/mol. The molecular formula is C28H24FOS2+. The van der Waals surface area contributed by atoms with Crippen LogP contribution in [0.5, 0.6) is 0 Å². The second-order valence-electron chi connectivity index (χ2n) is 6.78. The Morgan fingerprint density at radius 3 is 1.44 bits per heavy atom. The summed E-state index contributed by atoms with van der Waals surface area (Å²) in [6.45, 7) is 5.25. The lowest BCUT2D eigenvalue weighted by Gasteiger charge is -2.05. The van der Waals surface area contributed by atoms with E-state index >= 15 is 0 Å². The minimum Gasteiger partial charge on any atom is -0.273 e. The van der Waals surface area contributed by atoms with Gasteiger partial charge in [0.15, 0.2) is 0 Å². The molecule has 0 unspecified atom stereocenters. The molecule has 4 heteroatoms. The van der Waals surface area contributed by atoms with Gasteiger partial charge in [0.05, 0.1) is 11.1 Å². The Labute approximate surface area is 197 Å². The molecule has 0 saturated carbocycles. The Kier molecular flexibility index (Phi) is 8.90. The van der Waals surface area contributed by atoms with Gasteiger partial charge in [-0.25, -0.2) is 4.39 Å². The van der Waals surface area contributed by atoms with Crippen molar-refractivity contribution in [1.29, 1.82) is 0 Å². The zero-order chi connectivity index (χ0) is 22.8. The molecule has 1 nitrogen and oxygen atoms in total. The molecule has 0 saturated heterocycles. The molecule has 0 radical (unpaired) electrons. The Balaban J connectivity index is 0.000000913. The fourth-order valence-corrected chi connectivity index (χ4v) is 4.43. The molecule has 1 N–H and O–H groups in total. The summed E-state index contributed by atoms with van der Waals surface area (Å²) in [6.07, 6.45) is 1.75. The number of allylic oxidation sites excluding steroid dienone is 1. The first-order valence-corrected chi connectivity index (χ1v) is 11.7. The summed E-state index contributed by atoms with van der Waals surface area (Å²) in [6, 6.07) is 32.3. The lowest BCUT2D eigenvalue weighted by atomic mass is 10.0. The lowest BCUT2D eigenvalue weighted by Crippen LogP contribution is -2.02. The van der Waals surface area contributed by atoms with Gasteiger partial charge in [0.25, 0.3) is 0 Å². The van der Waals surface area contributed by atoms with Crippen molar-refractivity contribution < 1.29 is 9.18 Å². The van der Waals surface area contributed by atoms with Gasteiger partial charge in [-0.1, -0.05) is 47.8 Å². The van der Waals surface area contributed by atoms with Crippen LogP contribution in [0.1, 0.15) is 18.1 Å². The van der Waals surface area contributed by atoms with Crippen molar-refractivity contribution in [1.82, 2.24) is 0 Å². The van der Waals surface area contributed by atoms with Crippen molar-refractivity contribution in [3.63, 3.8) is 0 Å². The standard InChI is InChI=1S/C25H17FOS2.C3H6/c26-20-8-12-22(13-9-20)29-24-16-14-23(15-17-24)28-21-10-6-19(7-11-21)25(27)18-4-2-1-3-5-18;1-3-2/h1-17H;3H,1H2,2H3/p+1. The summed E-state index contributed by atoms with van der Waals surface area (Å²) >= 11 is 3.28. The molecule has 0 aliphatic heterocycles. The topological polar surface area (TPSA) is 21.4 Å². The highest BCUT2D eigenvalue weighted by atomic mass is 32.2. The number of benzene rings is 4. The number of ketones is 1. The molecule has 0 aliphatic carbocycles. The van der Waals surface area contributed by atoms with E-state index in [1.54, 1.807) is 41.7 Å². The maximum atomic E-state index is 13.0. The van der Waals surface area contributed by atoms with E-state index in [0.29, 0.717) is 0 Å². The van der Waals surface area contributed by atoms with Crippen LogP contribution in [-0.4, -0.2) is 10.6 Å². The Bertz CT molecular complexity index is 1140. The van der Waals surface area contributed by atoms with Crippen LogP contribution in [0.2, 0.25) is 0 Å². The predicted octanol–water partition coefficient (Wildman–Crippen LogP) is 8.26. The van der Waals surface area contributed by atoms with Crippen molar-refractivity contribution in [2.45, 2.75) is 26.5 Å². The van der Waals surface area contributed by atoms with Gasteiger partial charge in [-0.15, -0.1) is 6.58 Å². The van der Waals surface area contributed by atoms with Gasteiger partial charge in [0.1, 0.15) is 5.82 Å². The highest BCUT2D eigenvalue weighted by Gasteiger charge is 2.14. The van der Waals surface area contributed by atoms with Gasteiger partial charge >= 0.3 is 5.78 Å². The molecule has 0 fully saturated rings. The SMILES string of the molecule is C=CC.[OH+]=C(c1ccccc1)c1ccc(Sc2ccc(Sc3ccc(F)cc3)cc2)cc1. The van der Waals surface area contributed by atoms with Crippen LogP contribution >= 0.6 is 23.5 Å². The largest absolute Gasteiger partial charge is 0.354 e. The highest BCUT2D eigenvalue weighted by molar-refractivity contribution is 7.99. The van der Waals surface area contributed by atoms with E-state index in [-0.39, 0.29) is 11.6 Å². The fraction of sp³-hybridized carbons (Fsp3) is 0.0357. The second-order valence-corrected chi connectivity index (χ2v) is 9.07. The zero-order valence-corrected chi connectivity index (χ0v) is 19.4. The molecule has 4 aromatic rings. The van der Waals surface area contributed by atoms with E-state index < -0.39 is 0 Å². The summed E-state index contributed by atoms with van der Waals surface area (Å²) < 4.78 is 13.0. The first kappa shape index (κ1) is 23.6. The molecule has 0 amide bonds. The minimum atomic E-state index is -0.221. The molecule has 0 atom stereocenters. The Hall–Kier alpha value is -3.08. The third kappa shape index (κ3) is 6.98. The van der Waals surface area contributed by atoms with Crippen LogP contribution in [0.4, 0.5) is 4.39 Å². The van der Waals surface area contributed by atoms with Gasteiger partial charge in [0, 0.05) is 19.6 Å². The average Bonchev–Trinajstić information content (AvgIpc) is 2.83. The molecule has 4 aromatic carbocycles. The van der Waals surface area contributed by atoms with E-state index in [4.69, 9.17) is 0 Å². The van der Waals surface area contributed by atoms with Crippen LogP contribution in [0.15, 0.2) is 135 Å². The third-order valence-corrected chi connectivity index (χ3v) is 6.32. The van der Waals surface area contributed by atoms with Gasteiger partial charge in [-0.05, 0) is 91.9 Å². The van der Waals surface area contributed by atoms with Gasteiger partial charge in [-0.3, -0.25) is 4.79 Å². The van der Waals surface area contributed by atoms with Gasteiger partial charge in [-0.2, -0.15) is 0 Å². The number of carbonyl (C=O) groups excluding carboxylic acids is 1. The molecule has 0 bridgehead atoms. The summed E-state index contributed by atoms with van der Waals surface area (Å²) in [5.74, 6) is 0.0612. The van der Waals surface area contributed by atoms with Crippen LogP contribution in [0, 0.1) is 5.82 Å². The molecule has 0 aromatic heterocycles. The van der Waals surface area contributed by atoms with Crippen molar-refractivity contribution in [2.75, 3.05) is 0 Å². The van der Waals surface area contributed by atoms with E-state index in [0.717, 1.165) is 30.7 Å². The monoisotopic (exact) mass is 459 g/mol. The number of hydrogen-bond donors (Lipinski definition) is 0. The number of hydrogen-bond acceptors (Lipinski definition) is 2. The fourth-order valence-electron chi connectivity index (χ4n) is 2.79. The summed E-state index contributed by atoms with van der Waals surface area (Å²) in [4.78, 5) is 14.8. The summed E-state index contributed by atoms with van der Waals surface area (Å²) in [5, 5.41) is 0. The molecule has 160 valence electrons. The number of halogens is 1. The smallest absolute Gasteiger partial charge is 0.273 e. The minimum absolute atomic E-state index is 0.221. The van der Waals surface area contributed by atoms with Gasteiger partial charge in [0.2, 0.25) is 0 Å². The average molecular weight is 460 g/mol. The van der Waals surface area contributed by atoms with E-state index in [2.05, 4.69) is 30.8 Å². The Morgan fingerprint density at radius 2 is 1.00 bits per heavy atom. The second kappa shape index (κ2) is 12.1. The maximum absolute atomic E-state index is 13.0. The normalized spacial score (nSPS) is 10.1. The van der Waals surface area contributed by atoms with Crippen molar-refractivity contribution in [2.24, 2.45) is 0 Å². The van der Waals surface area contributed by atoms with E-state index in [1.807, 2.05) is 61.5 Å². The maximum Gasteiger partial charge on any atom is 0.354 e. The lowest BCUT2D eigenvalue weighted by molar-refractivity contribution is 0.626. The van der Waals surface area contributed by atoms with Crippen LogP contribution in [0.25, 0.3) is 0 Å². The van der Waals surface area contributed by atoms with Crippen molar-refractivity contribution in [3.05, 3.63) is 133 Å².